The van der Waals surface area contributed by atoms with Gasteiger partial charge in [0.15, 0.2) is 12.6 Å². The number of aryl methyl sites for hydroxylation is 9. The van der Waals surface area contributed by atoms with E-state index in [1.807, 2.05) is 39.8 Å². The van der Waals surface area contributed by atoms with Gasteiger partial charge in [0, 0.05) is 17.4 Å². The minimum atomic E-state index is -0.475. The van der Waals surface area contributed by atoms with Gasteiger partial charge in [-0.05, 0) is 260 Å². The van der Waals surface area contributed by atoms with Gasteiger partial charge >= 0.3 is 0 Å². The quantitative estimate of drug-likeness (QED) is 0.114. The van der Waals surface area contributed by atoms with Gasteiger partial charge in [0.2, 0.25) is 0 Å². The summed E-state index contributed by atoms with van der Waals surface area (Å²) in [4.78, 5) is 0. The first kappa shape index (κ1) is 104. The molecule has 2 aliphatic heterocycles. The Hall–Kier alpha value is -5.12. The zero-order valence-electron chi connectivity index (χ0n) is 73.7. The summed E-state index contributed by atoms with van der Waals surface area (Å²) >= 11 is 0. The van der Waals surface area contributed by atoms with E-state index >= 15 is 0 Å². The first-order valence-corrected chi connectivity index (χ1v) is 42.3. The minimum Gasteiger partial charge on any atom is -0.353 e. The molecule has 8 aliphatic rings. The fourth-order valence-corrected chi connectivity index (χ4v) is 12.4. The maximum Gasteiger partial charge on any atom is 0.154 e. The standard InChI is InChI=1S/C8H8F2.2C8H9F.3C8H16.3C8H14.2C8H10.2C6H12O2.CH4/c1-5-3-7(9)6(2)8(10)4-5;2*1-6-3-4-7(2)8(9)5-6;8*1-7-3-5-8(2)6-4-7;2*1-5-3-7-6(2)8-4-5;/h3-4H,1-2H3;2*3-5H,1-2H3;3*7-8H,3-6H2,1-2H3;2*3,8H,4-6H2,1-2H3;3,5,7-8H,4,6H2,1-2H3;2*3-6H,1-2H3;2*5-6H,3-4H2,1-2H3;1H4. The number of rotatable bonds is 0. The fourth-order valence-electron chi connectivity index (χ4n) is 12.4. The Bertz CT molecular complexity index is 2780. The smallest absolute Gasteiger partial charge is 0.154 e. The Labute approximate surface area is 670 Å². The van der Waals surface area contributed by atoms with Crippen molar-refractivity contribution in [1.82, 2.24) is 0 Å². The zero-order valence-corrected chi connectivity index (χ0v) is 73.7. The number of hydrogen-bond donors (Lipinski definition) is 0. The van der Waals surface area contributed by atoms with Crippen molar-refractivity contribution in [3.8, 4) is 0 Å². The molecule has 13 rings (SSSR count). The second-order valence-corrected chi connectivity index (χ2v) is 34.7. The van der Waals surface area contributed by atoms with Gasteiger partial charge in [0.1, 0.15) is 23.3 Å². The van der Waals surface area contributed by atoms with Gasteiger partial charge in [-0.2, -0.15) is 0 Å². The van der Waals surface area contributed by atoms with Crippen LogP contribution < -0.4 is 0 Å². The molecule has 620 valence electrons. The van der Waals surface area contributed by atoms with Gasteiger partial charge in [0.05, 0.1) is 26.4 Å². The van der Waals surface area contributed by atoms with E-state index in [0.717, 1.165) is 96.7 Å². The number of allylic oxidation sites excluding steroid dienone is 6. The van der Waals surface area contributed by atoms with Gasteiger partial charge in [-0.25, -0.2) is 17.6 Å². The van der Waals surface area contributed by atoms with Gasteiger partial charge < -0.3 is 18.9 Å². The highest BCUT2D eigenvalue weighted by Gasteiger charge is 2.18. The van der Waals surface area contributed by atoms with E-state index in [4.69, 9.17) is 18.9 Å². The SMILES string of the molecule is C.CC1=CCC(C)CC1.CC1=CCC(C)CC1.CC1C=CC(C)CC1.CC1CCC(C)CC1.CC1CCC(C)CC1.CC1CCC(C)CC1.CC1COC(C)OC1.CC1COC(C)OC1.Cc1cc(F)c(C)c(F)c1.Cc1ccc(C)c(F)c1.Cc1ccc(C)c(F)c1.Cc1ccc(C)cc1.Cc1ccc(C)cc1. The summed E-state index contributed by atoms with van der Waals surface area (Å²) in [7, 11) is 0. The van der Waals surface area contributed by atoms with Crippen LogP contribution in [0.5, 0.6) is 0 Å². The lowest BCUT2D eigenvalue weighted by Crippen LogP contribution is -2.27. The van der Waals surface area contributed by atoms with Crippen molar-refractivity contribution in [3.63, 3.8) is 0 Å². The average Bonchev–Trinajstić information content (AvgIpc) is 0.873. The minimum absolute atomic E-state index is 0. The lowest BCUT2D eigenvalue weighted by atomic mass is 9.84. The summed E-state index contributed by atoms with van der Waals surface area (Å²) in [6, 6.07) is 30.0. The summed E-state index contributed by atoms with van der Waals surface area (Å²) in [5.41, 5.74) is 12.5. The van der Waals surface area contributed by atoms with E-state index in [9.17, 15) is 17.6 Å². The van der Waals surface area contributed by atoms with Crippen molar-refractivity contribution in [2.75, 3.05) is 26.4 Å². The molecule has 4 atom stereocenters. The third kappa shape index (κ3) is 55.9. The summed E-state index contributed by atoms with van der Waals surface area (Å²) < 4.78 is 71.0. The molecule has 0 radical (unpaired) electrons. The second kappa shape index (κ2) is 60.5. The van der Waals surface area contributed by atoms with Crippen LogP contribution in [0.25, 0.3) is 0 Å². The van der Waals surface area contributed by atoms with Crippen molar-refractivity contribution in [3.05, 3.63) is 211 Å². The first-order valence-electron chi connectivity index (χ1n) is 42.3. The highest BCUT2D eigenvalue weighted by atomic mass is 19.1. The van der Waals surface area contributed by atoms with Crippen LogP contribution in [0.3, 0.4) is 0 Å². The van der Waals surface area contributed by atoms with Gasteiger partial charge in [-0.15, -0.1) is 0 Å². The number of benzene rings is 5. The topological polar surface area (TPSA) is 36.9 Å². The summed E-state index contributed by atoms with van der Waals surface area (Å²) in [6.07, 6.45) is 38.0. The largest absolute Gasteiger partial charge is 0.353 e. The van der Waals surface area contributed by atoms with E-state index in [1.54, 1.807) is 44.1 Å². The summed E-state index contributed by atoms with van der Waals surface area (Å²) in [5, 5.41) is 0. The molecule has 0 aromatic heterocycles. The Morgan fingerprint density at radius 3 is 0.670 bits per heavy atom. The molecule has 5 fully saturated rings. The molecule has 6 aliphatic carbocycles. The molecule has 5 aromatic rings. The van der Waals surface area contributed by atoms with E-state index < -0.39 is 11.6 Å². The van der Waals surface area contributed by atoms with Crippen LogP contribution >= 0.6 is 0 Å². The molecule has 0 bridgehead atoms. The predicted molar refractivity (Wildman–Crippen MR) is 468 cm³/mol. The Morgan fingerprint density at radius 2 is 0.486 bits per heavy atom. The number of hydrogen-bond acceptors (Lipinski definition) is 4. The molecule has 4 nitrogen and oxygen atoms in total. The van der Waals surface area contributed by atoms with E-state index in [-0.39, 0.29) is 37.2 Å². The normalized spacial score (nSPS) is 25.6. The summed E-state index contributed by atoms with van der Waals surface area (Å²) in [5.74, 6) is 9.65. The molecule has 2 saturated heterocycles. The van der Waals surface area contributed by atoms with E-state index in [0.29, 0.717) is 28.5 Å². The van der Waals surface area contributed by atoms with Crippen LogP contribution in [0.1, 0.15) is 302 Å². The van der Waals surface area contributed by atoms with Crippen molar-refractivity contribution >= 4 is 0 Å². The molecule has 0 N–H and O–H groups in total. The van der Waals surface area contributed by atoms with Gasteiger partial charge in [0.25, 0.3) is 0 Å². The van der Waals surface area contributed by atoms with Gasteiger partial charge in [-0.1, -0.05) is 298 Å². The molecule has 109 heavy (non-hydrogen) atoms. The molecule has 2 heterocycles. The van der Waals surface area contributed by atoms with Crippen LogP contribution in [0, 0.1) is 164 Å². The molecular formula is C101H164F4O4. The average molecular weight is 1520 g/mol. The predicted octanol–water partition coefficient (Wildman–Crippen LogP) is 31.4. The monoisotopic (exact) mass is 1520 g/mol. The molecule has 5 aromatic carbocycles. The third-order valence-corrected chi connectivity index (χ3v) is 21.5. The second-order valence-electron chi connectivity index (χ2n) is 34.7. The number of halogens is 4. The van der Waals surface area contributed by atoms with Crippen molar-refractivity contribution in [1.29, 1.82) is 0 Å². The Kier molecular flexibility index (Phi) is 57.6. The highest BCUT2D eigenvalue weighted by Crippen LogP contribution is 2.30. The molecule has 4 unspecified atom stereocenters. The summed E-state index contributed by atoms with van der Waals surface area (Å²) in [6.45, 7) is 58.1. The Balaban J connectivity index is 0.00000116. The van der Waals surface area contributed by atoms with Crippen LogP contribution in [0.4, 0.5) is 17.6 Å². The molecule has 0 amide bonds. The third-order valence-electron chi connectivity index (χ3n) is 21.5. The highest BCUT2D eigenvalue weighted by molar-refractivity contribution is 5.25. The first-order chi connectivity index (χ1) is 50.9. The lowest BCUT2D eigenvalue weighted by Gasteiger charge is -2.24. The lowest BCUT2D eigenvalue weighted by molar-refractivity contribution is -0.187. The molecule has 0 spiro atoms. The van der Waals surface area contributed by atoms with Crippen LogP contribution in [-0.4, -0.2) is 39.0 Å². The maximum atomic E-state index is 12.6. The van der Waals surface area contributed by atoms with E-state index in [1.165, 1.54) is 182 Å². The van der Waals surface area contributed by atoms with Gasteiger partial charge in [-0.3, -0.25) is 0 Å². The molecule has 8 heteroatoms. The van der Waals surface area contributed by atoms with Crippen molar-refractivity contribution in [2.24, 2.45) is 71.0 Å². The van der Waals surface area contributed by atoms with Crippen molar-refractivity contribution in [2.45, 2.75) is 328 Å². The molecule has 3 saturated carbocycles. The maximum absolute atomic E-state index is 12.6. The molecular weight excluding hydrogens is 1350 g/mol. The van der Waals surface area contributed by atoms with Crippen LogP contribution in [0.15, 0.2) is 133 Å². The van der Waals surface area contributed by atoms with Crippen molar-refractivity contribution < 1.29 is 36.5 Å². The number of ether oxygens (including phenoxy) is 4. The van der Waals surface area contributed by atoms with E-state index in [2.05, 4.69) is 197 Å². The van der Waals surface area contributed by atoms with Crippen LogP contribution in [-0.2, 0) is 18.9 Å². The zero-order chi connectivity index (χ0) is 81.3. The fraction of sp³-hybridized carbons (Fsp3) is 0.644. The van der Waals surface area contributed by atoms with Crippen LogP contribution in [0.2, 0.25) is 0 Å². The Morgan fingerprint density at radius 1 is 0.257 bits per heavy atom.